The molecule has 1 fully saturated rings. The Morgan fingerprint density at radius 3 is 2.30 bits per heavy atom. The van der Waals surface area contributed by atoms with E-state index >= 15 is 0 Å². The molecular formula is C27H27FO2. The van der Waals surface area contributed by atoms with Crippen molar-refractivity contribution in [3.63, 3.8) is 0 Å². The number of ether oxygens (including phenoxy) is 1. The number of hydrogen-bond acceptors (Lipinski definition) is 2. The molecule has 2 nitrogen and oxygen atoms in total. The lowest BCUT2D eigenvalue weighted by Crippen LogP contribution is -2.32. The standard InChI is InChI=1S/C27H27FO2/c28-25-16-14-20(15-17-25)8-7-13-23-18-24(26(29)21-9-3-1-4-10-21)19-30-27(23)22-11-5-2-6-12-22/h1-12,14-17,23-24,26-27,29H,13,18-19H2/b8-7+/t23-,24+,26-,27+/m0/s1. The smallest absolute Gasteiger partial charge is 0.123 e. The normalized spacial score (nSPS) is 22.8. The number of allylic oxidation sites excluding steroid dienone is 1. The summed E-state index contributed by atoms with van der Waals surface area (Å²) >= 11 is 0. The minimum atomic E-state index is -0.536. The van der Waals surface area contributed by atoms with Crippen molar-refractivity contribution in [1.82, 2.24) is 0 Å². The molecule has 154 valence electrons. The molecule has 0 amide bonds. The van der Waals surface area contributed by atoms with Gasteiger partial charge in [0.15, 0.2) is 0 Å². The summed E-state index contributed by atoms with van der Waals surface area (Å²) in [6.45, 7) is 0.536. The van der Waals surface area contributed by atoms with Crippen molar-refractivity contribution in [1.29, 1.82) is 0 Å². The lowest BCUT2D eigenvalue weighted by atomic mass is 9.79. The van der Waals surface area contributed by atoms with Crippen LogP contribution in [0.4, 0.5) is 4.39 Å². The van der Waals surface area contributed by atoms with E-state index in [1.807, 2.05) is 54.6 Å². The van der Waals surface area contributed by atoms with Gasteiger partial charge in [-0.15, -0.1) is 0 Å². The molecule has 1 N–H and O–H groups in total. The first-order valence-corrected chi connectivity index (χ1v) is 10.5. The average molecular weight is 403 g/mol. The topological polar surface area (TPSA) is 29.5 Å². The first-order valence-electron chi connectivity index (χ1n) is 10.5. The van der Waals surface area contributed by atoms with E-state index in [2.05, 4.69) is 18.2 Å². The first kappa shape index (κ1) is 20.5. The van der Waals surface area contributed by atoms with E-state index in [1.54, 1.807) is 12.1 Å². The van der Waals surface area contributed by atoms with Gasteiger partial charge in [0, 0.05) is 5.92 Å². The second-order valence-electron chi connectivity index (χ2n) is 7.97. The van der Waals surface area contributed by atoms with Gasteiger partial charge in [-0.2, -0.15) is 0 Å². The van der Waals surface area contributed by atoms with Crippen LogP contribution in [-0.4, -0.2) is 11.7 Å². The van der Waals surface area contributed by atoms with Gasteiger partial charge in [-0.25, -0.2) is 4.39 Å². The second-order valence-corrected chi connectivity index (χ2v) is 7.97. The fraction of sp³-hybridized carbons (Fsp3) is 0.259. The number of halogens is 1. The predicted molar refractivity (Wildman–Crippen MR) is 118 cm³/mol. The van der Waals surface area contributed by atoms with E-state index in [4.69, 9.17) is 4.74 Å². The van der Waals surface area contributed by atoms with Gasteiger partial charge < -0.3 is 9.84 Å². The molecule has 3 aromatic rings. The van der Waals surface area contributed by atoms with Gasteiger partial charge in [-0.3, -0.25) is 0 Å². The largest absolute Gasteiger partial charge is 0.388 e. The Hall–Kier alpha value is -2.75. The van der Waals surface area contributed by atoms with Crippen LogP contribution in [0.1, 0.15) is 41.7 Å². The number of benzene rings is 3. The second kappa shape index (κ2) is 9.84. The maximum atomic E-state index is 13.1. The summed E-state index contributed by atoms with van der Waals surface area (Å²) in [4.78, 5) is 0. The van der Waals surface area contributed by atoms with Crippen LogP contribution in [0.5, 0.6) is 0 Å². The van der Waals surface area contributed by atoms with Crippen LogP contribution in [0.25, 0.3) is 6.08 Å². The van der Waals surface area contributed by atoms with Crippen LogP contribution >= 0.6 is 0 Å². The highest BCUT2D eigenvalue weighted by atomic mass is 19.1. The maximum absolute atomic E-state index is 13.1. The summed E-state index contributed by atoms with van der Waals surface area (Å²) in [6, 6.07) is 26.6. The molecule has 30 heavy (non-hydrogen) atoms. The Labute approximate surface area is 177 Å². The lowest BCUT2D eigenvalue weighted by molar-refractivity contribution is -0.0900. The van der Waals surface area contributed by atoms with Crippen molar-refractivity contribution in [2.75, 3.05) is 6.61 Å². The Balaban J connectivity index is 1.50. The van der Waals surface area contributed by atoms with E-state index in [9.17, 15) is 9.50 Å². The zero-order chi connectivity index (χ0) is 20.8. The Morgan fingerprint density at radius 2 is 1.60 bits per heavy atom. The van der Waals surface area contributed by atoms with Gasteiger partial charge in [-0.1, -0.05) is 84.9 Å². The molecule has 4 rings (SSSR count). The van der Waals surface area contributed by atoms with Gasteiger partial charge in [0.25, 0.3) is 0 Å². The van der Waals surface area contributed by atoms with E-state index in [0.29, 0.717) is 6.61 Å². The van der Waals surface area contributed by atoms with Crippen LogP contribution in [0.3, 0.4) is 0 Å². The zero-order valence-electron chi connectivity index (χ0n) is 16.9. The third kappa shape index (κ3) is 5.05. The third-order valence-electron chi connectivity index (χ3n) is 5.86. The van der Waals surface area contributed by atoms with Crippen molar-refractivity contribution in [3.8, 4) is 0 Å². The minimum absolute atomic E-state index is 0.00305. The highest BCUT2D eigenvalue weighted by Crippen LogP contribution is 2.42. The highest BCUT2D eigenvalue weighted by molar-refractivity contribution is 5.48. The van der Waals surface area contributed by atoms with Gasteiger partial charge in [-0.05, 0) is 47.6 Å². The van der Waals surface area contributed by atoms with Crippen molar-refractivity contribution >= 4 is 6.08 Å². The van der Waals surface area contributed by atoms with Crippen LogP contribution in [0.2, 0.25) is 0 Å². The van der Waals surface area contributed by atoms with Gasteiger partial charge in [0.2, 0.25) is 0 Å². The van der Waals surface area contributed by atoms with Crippen LogP contribution < -0.4 is 0 Å². The number of aliphatic hydroxyl groups excluding tert-OH is 1. The molecule has 0 radical (unpaired) electrons. The fourth-order valence-corrected chi connectivity index (χ4v) is 4.27. The molecule has 0 saturated carbocycles. The molecule has 0 aromatic heterocycles. The molecule has 1 heterocycles. The van der Waals surface area contributed by atoms with Crippen molar-refractivity contribution in [2.45, 2.75) is 25.0 Å². The molecule has 0 spiro atoms. The third-order valence-corrected chi connectivity index (χ3v) is 5.86. The first-order chi connectivity index (χ1) is 14.7. The number of hydrogen-bond donors (Lipinski definition) is 1. The van der Waals surface area contributed by atoms with E-state index in [-0.39, 0.29) is 23.8 Å². The number of aliphatic hydroxyl groups is 1. The molecule has 3 aromatic carbocycles. The van der Waals surface area contributed by atoms with Crippen LogP contribution in [0, 0.1) is 17.7 Å². The molecule has 4 atom stereocenters. The quantitative estimate of drug-likeness (QED) is 0.520. The van der Waals surface area contributed by atoms with E-state index < -0.39 is 6.10 Å². The monoisotopic (exact) mass is 402 g/mol. The zero-order valence-corrected chi connectivity index (χ0v) is 16.9. The van der Waals surface area contributed by atoms with Crippen molar-refractivity contribution < 1.29 is 14.2 Å². The molecular weight excluding hydrogens is 375 g/mol. The van der Waals surface area contributed by atoms with E-state index in [0.717, 1.165) is 24.0 Å². The Morgan fingerprint density at radius 1 is 0.933 bits per heavy atom. The summed E-state index contributed by atoms with van der Waals surface area (Å²) in [7, 11) is 0. The van der Waals surface area contributed by atoms with Crippen LogP contribution in [-0.2, 0) is 4.74 Å². The molecule has 1 aliphatic heterocycles. The summed E-state index contributed by atoms with van der Waals surface area (Å²) in [5.41, 5.74) is 3.08. The van der Waals surface area contributed by atoms with Crippen LogP contribution in [0.15, 0.2) is 91.0 Å². The van der Waals surface area contributed by atoms with Crippen molar-refractivity contribution in [2.24, 2.45) is 11.8 Å². The lowest BCUT2D eigenvalue weighted by Gasteiger charge is -2.38. The molecule has 0 bridgehead atoms. The molecule has 0 unspecified atom stereocenters. The van der Waals surface area contributed by atoms with Gasteiger partial charge in [0.1, 0.15) is 5.82 Å². The molecule has 1 aliphatic rings. The minimum Gasteiger partial charge on any atom is -0.388 e. The van der Waals surface area contributed by atoms with E-state index in [1.165, 1.54) is 17.7 Å². The number of rotatable bonds is 6. The molecule has 1 saturated heterocycles. The molecule has 0 aliphatic carbocycles. The fourth-order valence-electron chi connectivity index (χ4n) is 4.27. The predicted octanol–water partition coefficient (Wildman–Crippen LogP) is 6.36. The van der Waals surface area contributed by atoms with Crippen molar-refractivity contribution in [3.05, 3.63) is 114 Å². The summed E-state index contributed by atoms with van der Waals surface area (Å²) in [6.07, 6.45) is 5.33. The summed E-state index contributed by atoms with van der Waals surface area (Å²) in [5, 5.41) is 10.9. The van der Waals surface area contributed by atoms with Gasteiger partial charge in [0.05, 0.1) is 18.8 Å². The maximum Gasteiger partial charge on any atom is 0.123 e. The molecule has 3 heteroatoms. The van der Waals surface area contributed by atoms with Gasteiger partial charge >= 0.3 is 0 Å². The Kier molecular flexibility index (Phi) is 6.73. The SMILES string of the molecule is O[C@@H](c1ccccc1)[C@H]1CO[C@H](c2ccccc2)[C@@H](C/C=C/c2ccc(F)cc2)C1. The Bertz CT molecular complexity index is 938. The summed E-state index contributed by atoms with van der Waals surface area (Å²) < 4.78 is 19.4. The average Bonchev–Trinajstić information content (AvgIpc) is 2.81. The summed E-state index contributed by atoms with van der Waals surface area (Å²) in [5.74, 6) is 0.0764. The highest BCUT2D eigenvalue weighted by Gasteiger charge is 2.35.